The summed E-state index contributed by atoms with van der Waals surface area (Å²) >= 11 is 3.35. The van der Waals surface area contributed by atoms with Crippen LogP contribution in [0.4, 0.5) is 5.69 Å². The van der Waals surface area contributed by atoms with Crippen molar-refractivity contribution in [3.05, 3.63) is 46.9 Å². The highest BCUT2D eigenvalue weighted by atomic mass is 32.2. The molecule has 106 valence electrons. The molecule has 0 bridgehead atoms. The number of carbonyl (C=O) groups excluding carboxylic acids is 1. The lowest BCUT2D eigenvalue weighted by atomic mass is 10.1. The molecule has 0 saturated carbocycles. The molecule has 2 aromatic heterocycles. The molecular weight excluding hydrogens is 288 g/mol. The van der Waals surface area contributed by atoms with Gasteiger partial charge in [0.25, 0.3) is 0 Å². The predicted molar refractivity (Wildman–Crippen MR) is 87.3 cm³/mol. The Kier molecular flexibility index (Phi) is 5.61. The summed E-state index contributed by atoms with van der Waals surface area (Å²) in [5, 5.41) is 4.11. The smallest absolute Gasteiger partial charge is 0.231 e. The van der Waals surface area contributed by atoms with Crippen molar-refractivity contribution in [2.75, 3.05) is 16.9 Å². The Morgan fingerprint density at radius 2 is 2.35 bits per heavy atom. The zero-order valence-corrected chi connectivity index (χ0v) is 13.3. The molecule has 0 fully saturated rings. The summed E-state index contributed by atoms with van der Waals surface area (Å²) in [4.78, 5) is 18.6. The van der Waals surface area contributed by atoms with Gasteiger partial charge in [-0.2, -0.15) is 23.1 Å². The van der Waals surface area contributed by atoms with E-state index < -0.39 is 0 Å². The molecule has 2 aromatic rings. The fourth-order valence-electron chi connectivity index (χ4n) is 1.96. The number of anilines is 1. The lowest BCUT2D eigenvalue weighted by Crippen LogP contribution is -2.35. The van der Waals surface area contributed by atoms with Gasteiger partial charge in [0.1, 0.15) is 0 Å². The van der Waals surface area contributed by atoms with Crippen LogP contribution < -0.4 is 4.90 Å². The van der Waals surface area contributed by atoms with E-state index in [0.717, 1.165) is 17.0 Å². The van der Waals surface area contributed by atoms with Gasteiger partial charge in [-0.1, -0.05) is 6.92 Å². The van der Waals surface area contributed by atoms with Crippen LogP contribution in [0.25, 0.3) is 0 Å². The number of hydrogen-bond acceptors (Lipinski definition) is 4. The lowest BCUT2D eigenvalue weighted by molar-refractivity contribution is -0.121. The largest absolute Gasteiger partial charge is 0.306 e. The lowest BCUT2D eigenvalue weighted by Gasteiger charge is -2.25. The Morgan fingerprint density at radius 3 is 2.95 bits per heavy atom. The first-order valence-corrected chi connectivity index (χ1v) is 8.77. The number of carbonyl (C=O) groups is 1. The molecule has 3 nitrogen and oxygen atoms in total. The van der Waals surface area contributed by atoms with E-state index in [-0.39, 0.29) is 11.8 Å². The maximum absolute atomic E-state index is 12.6. The summed E-state index contributed by atoms with van der Waals surface area (Å²) in [5.74, 6) is 0.988. The highest BCUT2D eigenvalue weighted by Gasteiger charge is 2.22. The monoisotopic (exact) mass is 306 g/mol. The van der Waals surface area contributed by atoms with Crippen molar-refractivity contribution < 1.29 is 4.79 Å². The number of hydrogen-bond donors (Lipinski definition) is 0. The zero-order chi connectivity index (χ0) is 14.4. The van der Waals surface area contributed by atoms with Gasteiger partial charge in [0.15, 0.2) is 0 Å². The third kappa shape index (κ3) is 3.84. The van der Waals surface area contributed by atoms with Gasteiger partial charge in [0.2, 0.25) is 5.91 Å². The molecule has 2 heterocycles. The zero-order valence-electron chi connectivity index (χ0n) is 11.7. The van der Waals surface area contributed by atoms with Crippen LogP contribution >= 0.6 is 23.1 Å². The predicted octanol–water partition coefficient (Wildman–Crippen LogP) is 3.68. The van der Waals surface area contributed by atoms with E-state index in [1.165, 1.54) is 0 Å². The summed E-state index contributed by atoms with van der Waals surface area (Å²) in [6.45, 7) is 2.59. The summed E-state index contributed by atoms with van der Waals surface area (Å²) in [7, 11) is 0. The van der Waals surface area contributed by atoms with Gasteiger partial charge in [-0.15, -0.1) is 0 Å². The van der Waals surface area contributed by atoms with Crippen LogP contribution in [0.15, 0.2) is 41.4 Å². The average Bonchev–Trinajstić information content (AvgIpc) is 2.98. The summed E-state index contributed by atoms with van der Waals surface area (Å²) in [5.41, 5.74) is 2.01. The number of pyridine rings is 1. The minimum absolute atomic E-state index is 0.00356. The van der Waals surface area contributed by atoms with Crippen LogP contribution in [0.1, 0.15) is 12.5 Å². The van der Waals surface area contributed by atoms with Crippen molar-refractivity contribution in [1.82, 2.24) is 4.98 Å². The molecule has 0 radical (unpaired) electrons. The van der Waals surface area contributed by atoms with E-state index in [0.29, 0.717) is 6.54 Å². The van der Waals surface area contributed by atoms with Crippen molar-refractivity contribution in [2.45, 2.75) is 13.5 Å². The van der Waals surface area contributed by atoms with Crippen molar-refractivity contribution in [1.29, 1.82) is 0 Å². The summed E-state index contributed by atoms with van der Waals surface area (Å²) < 4.78 is 0. The average molecular weight is 306 g/mol. The van der Waals surface area contributed by atoms with Gasteiger partial charge < -0.3 is 4.90 Å². The van der Waals surface area contributed by atoms with Gasteiger partial charge in [0.05, 0.1) is 18.4 Å². The van der Waals surface area contributed by atoms with Crippen LogP contribution in [0.2, 0.25) is 0 Å². The molecule has 5 heteroatoms. The minimum atomic E-state index is 0.00356. The molecule has 0 saturated heterocycles. The van der Waals surface area contributed by atoms with Crippen molar-refractivity contribution >= 4 is 34.7 Å². The number of nitrogens with zero attached hydrogens (tertiary/aromatic N) is 2. The second-order valence-electron chi connectivity index (χ2n) is 4.62. The first-order chi connectivity index (χ1) is 9.72. The third-order valence-corrected chi connectivity index (χ3v) is 4.55. The van der Waals surface area contributed by atoms with Gasteiger partial charge in [-0.05, 0) is 40.8 Å². The van der Waals surface area contributed by atoms with Crippen molar-refractivity contribution in [3.63, 3.8) is 0 Å². The number of aromatic nitrogens is 1. The maximum atomic E-state index is 12.6. The van der Waals surface area contributed by atoms with Gasteiger partial charge in [0, 0.05) is 17.9 Å². The molecule has 0 aliphatic carbocycles. The second-order valence-corrected chi connectivity index (χ2v) is 6.31. The first kappa shape index (κ1) is 15.1. The Labute approximate surface area is 128 Å². The van der Waals surface area contributed by atoms with Crippen LogP contribution in [-0.2, 0) is 11.3 Å². The summed E-state index contributed by atoms with van der Waals surface area (Å²) in [6.07, 6.45) is 5.50. The molecule has 2 rings (SSSR count). The van der Waals surface area contributed by atoms with E-state index >= 15 is 0 Å². The molecule has 1 amide bonds. The van der Waals surface area contributed by atoms with E-state index in [1.54, 1.807) is 35.5 Å². The van der Waals surface area contributed by atoms with Crippen molar-refractivity contribution in [2.24, 2.45) is 5.92 Å². The fraction of sp³-hybridized carbons (Fsp3) is 0.333. The molecule has 0 N–H and O–H groups in total. The molecule has 0 aliphatic rings. The number of thioether (sulfide) groups is 1. The second kappa shape index (κ2) is 7.45. The number of rotatable bonds is 6. The fourth-order valence-corrected chi connectivity index (χ4v) is 3.26. The van der Waals surface area contributed by atoms with Crippen LogP contribution in [0.3, 0.4) is 0 Å². The van der Waals surface area contributed by atoms with Crippen LogP contribution in [0.5, 0.6) is 0 Å². The highest BCUT2D eigenvalue weighted by molar-refractivity contribution is 7.98. The number of amides is 1. The van der Waals surface area contributed by atoms with E-state index in [2.05, 4.69) is 16.4 Å². The molecule has 1 unspecified atom stereocenters. The van der Waals surface area contributed by atoms with E-state index in [1.807, 2.05) is 35.6 Å². The quantitative estimate of drug-likeness (QED) is 0.816. The van der Waals surface area contributed by atoms with Gasteiger partial charge >= 0.3 is 0 Å². The Hall–Kier alpha value is -1.33. The van der Waals surface area contributed by atoms with Gasteiger partial charge in [-0.25, -0.2) is 0 Å². The van der Waals surface area contributed by atoms with E-state index in [9.17, 15) is 4.79 Å². The van der Waals surface area contributed by atoms with E-state index in [4.69, 9.17) is 0 Å². The minimum Gasteiger partial charge on any atom is -0.306 e. The molecule has 0 spiro atoms. The molecule has 20 heavy (non-hydrogen) atoms. The van der Waals surface area contributed by atoms with Crippen LogP contribution in [0, 0.1) is 5.92 Å². The molecule has 0 aliphatic heterocycles. The Balaban J connectivity index is 2.22. The van der Waals surface area contributed by atoms with Gasteiger partial charge in [-0.3, -0.25) is 9.78 Å². The third-order valence-electron chi connectivity index (χ3n) is 2.98. The van der Waals surface area contributed by atoms with Crippen LogP contribution in [-0.4, -0.2) is 22.9 Å². The Morgan fingerprint density at radius 1 is 1.50 bits per heavy atom. The number of thiophene rings is 1. The normalized spacial score (nSPS) is 12.1. The maximum Gasteiger partial charge on any atom is 0.231 e. The SMILES string of the molecule is CSCC(C)C(=O)N(Cc1ccsc1)c1cccnc1. The molecule has 1 atom stereocenters. The van der Waals surface area contributed by atoms with Crippen molar-refractivity contribution in [3.8, 4) is 0 Å². The molecule has 0 aromatic carbocycles. The first-order valence-electron chi connectivity index (χ1n) is 6.43. The summed E-state index contributed by atoms with van der Waals surface area (Å²) in [6, 6.07) is 5.85. The molecular formula is C15H18N2OS2. The standard InChI is InChI=1S/C15H18N2OS2/c1-12(10-19-2)15(18)17(9-13-5-7-20-11-13)14-4-3-6-16-8-14/h3-8,11-12H,9-10H2,1-2H3. The Bertz CT molecular complexity index is 528. The topological polar surface area (TPSA) is 33.2 Å². The highest BCUT2D eigenvalue weighted by Crippen LogP contribution is 2.21.